The predicted molar refractivity (Wildman–Crippen MR) is 97.8 cm³/mol. The van der Waals surface area contributed by atoms with E-state index in [9.17, 15) is 14.3 Å². The Morgan fingerprint density at radius 2 is 2.12 bits per heavy atom. The summed E-state index contributed by atoms with van der Waals surface area (Å²) in [5, 5.41) is 16.5. The highest BCUT2D eigenvalue weighted by molar-refractivity contribution is 5.91. The second-order valence-electron chi connectivity index (χ2n) is 6.74. The first kappa shape index (κ1) is 18.5. The molecule has 6 nitrogen and oxygen atoms in total. The molecule has 1 aromatic carbocycles. The molecule has 7 heteroatoms. The largest absolute Gasteiger partial charge is 0.396 e. The molecular weight excluding hydrogens is 335 g/mol. The predicted octanol–water partition coefficient (Wildman–Crippen LogP) is 2.50. The molecule has 2 N–H and O–H groups in total. The van der Waals surface area contributed by atoms with Crippen LogP contribution in [-0.4, -0.2) is 51.4 Å². The summed E-state index contributed by atoms with van der Waals surface area (Å²) in [6, 6.07) is 8.03. The third-order valence-corrected chi connectivity index (χ3v) is 4.73. The zero-order chi connectivity index (χ0) is 18.5. The molecule has 0 spiro atoms. The van der Waals surface area contributed by atoms with E-state index in [1.807, 2.05) is 6.92 Å². The molecule has 1 unspecified atom stereocenters. The molecule has 3 rings (SSSR count). The number of nitrogens with zero attached hydrogens (tertiary/aromatic N) is 3. The van der Waals surface area contributed by atoms with E-state index in [1.165, 1.54) is 12.1 Å². The molecule has 0 saturated carbocycles. The van der Waals surface area contributed by atoms with Crippen LogP contribution in [0.15, 0.2) is 30.3 Å². The van der Waals surface area contributed by atoms with Crippen LogP contribution in [0, 0.1) is 12.7 Å². The minimum Gasteiger partial charge on any atom is -0.396 e. The SMILES string of the molecule is Cc1cc(NC(=O)CN2CCCCC2CCO)n(-c2ccc(F)cc2)n1. The lowest BCUT2D eigenvalue weighted by molar-refractivity contribution is -0.118. The fourth-order valence-corrected chi connectivity index (χ4v) is 3.48. The Balaban J connectivity index is 1.70. The lowest BCUT2D eigenvalue weighted by atomic mass is 10.00. The number of hydrogen-bond donors (Lipinski definition) is 2. The second-order valence-corrected chi connectivity index (χ2v) is 6.74. The Kier molecular flexibility index (Phi) is 6.00. The van der Waals surface area contributed by atoms with Crippen molar-refractivity contribution >= 4 is 11.7 Å². The van der Waals surface area contributed by atoms with Gasteiger partial charge in [0.25, 0.3) is 0 Å². The number of piperidine rings is 1. The highest BCUT2D eigenvalue weighted by atomic mass is 19.1. The molecule has 2 aromatic rings. The summed E-state index contributed by atoms with van der Waals surface area (Å²) in [5.74, 6) is 0.135. The van der Waals surface area contributed by atoms with E-state index in [4.69, 9.17) is 0 Å². The van der Waals surface area contributed by atoms with Gasteiger partial charge in [-0.3, -0.25) is 9.69 Å². The molecule has 1 aliphatic rings. The van der Waals surface area contributed by atoms with Crippen molar-refractivity contribution < 1.29 is 14.3 Å². The molecule has 26 heavy (non-hydrogen) atoms. The van der Waals surface area contributed by atoms with Crippen LogP contribution in [0.3, 0.4) is 0 Å². The lowest BCUT2D eigenvalue weighted by Crippen LogP contribution is -2.44. The maximum absolute atomic E-state index is 13.2. The van der Waals surface area contributed by atoms with Crippen molar-refractivity contribution in [2.45, 2.75) is 38.6 Å². The molecule has 2 heterocycles. The summed E-state index contributed by atoms with van der Waals surface area (Å²) in [7, 11) is 0. The highest BCUT2D eigenvalue weighted by Gasteiger charge is 2.24. The van der Waals surface area contributed by atoms with Gasteiger partial charge in [-0.1, -0.05) is 6.42 Å². The number of aliphatic hydroxyl groups excluding tert-OH is 1. The number of aromatic nitrogens is 2. The topological polar surface area (TPSA) is 70.4 Å². The smallest absolute Gasteiger partial charge is 0.239 e. The Morgan fingerprint density at radius 1 is 1.35 bits per heavy atom. The summed E-state index contributed by atoms with van der Waals surface area (Å²) in [6.07, 6.45) is 3.92. The summed E-state index contributed by atoms with van der Waals surface area (Å²) < 4.78 is 14.8. The van der Waals surface area contributed by atoms with E-state index in [1.54, 1.807) is 22.9 Å². The quantitative estimate of drug-likeness (QED) is 0.830. The van der Waals surface area contributed by atoms with Crippen molar-refractivity contribution in [1.29, 1.82) is 0 Å². The van der Waals surface area contributed by atoms with Gasteiger partial charge < -0.3 is 10.4 Å². The molecule has 1 amide bonds. The molecule has 0 bridgehead atoms. The summed E-state index contributed by atoms with van der Waals surface area (Å²) in [4.78, 5) is 14.7. The van der Waals surface area contributed by atoms with Crippen molar-refractivity contribution in [2.75, 3.05) is 25.0 Å². The minimum absolute atomic E-state index is 0.113. The number of aliphatic hydroxyl groups is 1. The van der Waals surface area contributed by atoms with Gasteiger partial charge in [-0.2, -0.15) is 5.10 Å². The van der Waals surface area contributed by atoms with Gasteiger partial charge in [0.05, 0.1) is 17.9 Å². The molecule has 0 aliphatic carbocycles. The first-order valence-electron chi connectivity index (χ1n) is 9.04. The average Bonchev–Trinajstić information content (AvgIpc) is 2.97. The first-order chi connectivity index (χ1) is 12.6. The number of benzene rings is 1. The number of aryl methyl sites for hydroxylation is 1. The first-order valence-corrected chi connectivity index (χ1v) is 9.04. The summed E-state index contributed by atoms with van der Waals surface area (Å²) in [6.45, 7) is 3.14. The van der Waals surface area contributed by atoms with Crippen molar-refractivity contribution in [3.63, 3.8) is 0 Å². The Labute approximate surface area is 152 Å². The van der Waals surface area contributed by atoms with Crippen LogP contribution in [0.4, 0.5) is 10.2 Å². The number of amides is 1. The Bertz CT molecular complexity index is 742. The van der Waals surface area contributed by atoms with Crippen molar-refractivity contribution in [2.24, 2.45) is 0 Å². The maximum Gasteiger partial charge on any atom is 0.239 e. The van der Waals surface area contributed by atoms with Crippen LogP contribution in [0.25, 0.3) is 5.69 Å². The van der Waals surface area contributed by atoms with Crippen LogP contribution in [0.5, 0.6) is 0 Å². The fraction of sp³-hybridized carbons (Fsp3) is 0.474. The van der Waals surface area contributed by atoms with Crippen LogP contribution < -0.4 is 5.32 Å². The molecule has 1 saturated heterocycles. The highest BCUT2D eigenvalue weighted by Crippen LogP contribution is 2.20. The van der Waals surface area contributed by atoms with Gasteiger partial charge in [0.2, 0.25) is 5.91 Å². The van der Waals surface area contributed by atoms with Crippen LogP contribution in [0.2, 0.25) is 0 Å². The molecule has 1 aromatic heterocycles. The molecule has 1 fully saturated rings. The van der Waals surface area contributed by atoms with Gasteiger partial charge in [-0.05, 0) is 57.0 Å². The Morgan fingerprint density at radius 3 is 2.85 bits per heavy atom. The summed E-state index contributed by atoms with van der Waals surface area (Å²) >= 11 is 0. The van der Waals surface area contributed by atoms with Crippen molar-refractivity contribution in [1.82, 2.24) is 14.7 Å². The van der Waals surface area contributed by atoms with E-state index < -0.39 is 0 Å². The van der Waals surface area contributed by atoms with E-state index in [0.29, 0.717) is 17.9 Å². The third kappa shape index (κ3) is 4.47. The number of rotatable bonds is 6. The minimum atomic E-state index is -0.316. The maximum atomic E-state index is 13.2. The zero-order valence-electron chi connectivity index (χ0n) is 15.0. The van der Waals surface area contributed by atoms with Crippen molar-refractivity contribution in [3.8, 4) is 5.69 Å². The van der Waals surface area contributed by atoms with Crippen molar-refractivity contribution in [3.05, 3.63) is 41.8 Å². The van der Waals surface area contributed by atoms with E-state index >= 15 is 0 Å². The molecule has 0 radical (unpaired) electrons. The molecule has 140 valence electrons. The number of carbonyl (C=O) groups is 1. The van der Waals surface area contributed by atoms with Crippen LogP contribution in [-0.2, 0) is 4.79 Å². The lowest BCUT2D eigenvalue weighted by Gasteiger charge is -2.34. The number of carbonyl (C=O) groups excluding carboxylic acids is 1. The van der Waals surface area contributed by atoms with E-state index in [0.717, 1.165) is 31.5 Å². The van der Waals surface area contributed by atoms with E-state index in [2.05, 4.69) is 15.3 Å². The van der Waals surface area contributed by atoms with Gasteiger partial charge in [0.1, 0.15) is 11.6 Å². The number of nitrogens with one attached hydrogen (secondary N) is 1. The van der Waals surface area contributed by atoms with Crippen LogP contribution in [0.1, 0.15) is 31.4 Å². The normalized spacial score (nSPS) is 18.0. The van der Waals surface area contributed by atoms with Gasteiger partial charge in [-0.15, -0.1) is 0 Å². The number of halogens is 1. The fourth-order valence-electron chi connectivity index (χ4n) is 3.48. The van der Waals surface area contributed by atoms with Crippen LogP contribution >= 0.6 is 0 Å². The molecular formula is C19H25FN4O2. The summed E-state index contributed by atoms with van der Waals surface area (Å²) in [5.41, 5.74) is 1.45. The third-order valence-electron chi connectivity index (χ3n) is 4.73. The monoisotopic (exact) mass is 360 g/mol. The molecule has 1 aliphatic heterocycles. The standard InChI is InChI=1S/C19H25FN4O2/c1-14-12-18(24(22-14)17-7-5-15(20)6-8-17)21-19(26)13-23-10-3-2-4-16(23)9-11-25/h5-8,12,16,25H,2-4,9-11,13H2,1H3,(H,21,26). The van der Waals surface area contributed by atoms with Gasteiger partial charge in [0, 0.05) is 18.7 Å². The second kappa shape index (κ2) is 8.42. The number of anilines is 1. The van der Waals surface area contributed by atoms with E-state index in [-0.39, 0.29) is 30.9 Å². The average molecular weight is 360 g/mol. The molecule has 1 atom stereocenters. The Hall–Kier alpha value is -2.25. The number of hydrogen-bond acceptors (Lipinski definition) is 4. The zero-order valence-corrected chi connectivity index (χ0v) is 15.0. The van der Waals surface area contributed by atoms with Gasteiger partial charge in [0.15, 0.2) is 0 Å². The van der Waals surface area contributed by atoms with Gasteiger partial charge in [-0.25, -0.2) is 9.07 Å². The van der Waals surface area contributed by atoms with Gasteiger partial charge >= 0.3 is 0 Å². The number of likely N-dealkylation sites (tertiary alicyclic amines) is 1.